The van der Waals surface area contributed by atoms with Crippen molar-refractivity contribution in [3.05, 3.63) is 34.2 Å². The lowest BCUT2D eigenvalue weighted by Gasteiger charge is -2.05. The number of hydrogen-bond acceptors (Lipinski definition) is 1. The highest BCUT2D eigenvalue weighted by Crippen LogP contribution is 2.01. The van der Waals surface area contributed by atoms with Gasteiger partial charge in [0.1, 0.15) is 0 Å². The van der Waals surface area contributed by atoms with Crippen molar-refractivity contribution in [2.75, 3.05) is 0 Å². The van der Waals surface area contributed by atoms with Gasteiger partial charge in [0.15, 0.2) is 0 Å². The van der Waals surface area contributed by atoms with Crippen molar-refractivity contribution in [1.82, 2.24) is 4.57 Å². The molecule has 2 nitrogen and oxygen atoms in total. The Morgan fingerprint density at radius 3 is 2.44 bits per heavy atom. The van der Waals surface area contributed by atoms with Crippen molar-refractivity contribution in [1.29, 1.82) is 0 Å². The number of aromatic nitrogens is 1. The van der Waals surface area contributed by atoms with Crippen LogP contribution in [-0.2, 0) is 6.54 Å². The second-order valence-electron chi connectivity index (χ2n) is 3.80. The molecule has 0 saturated heterocycles. The Morgan fingerprint density at radius 1 is 1.12 bits per heavy atom. The molecule has 0 aliphatic rings. The smallest absolute Gasteiger partial charge is 0.250 e. The van der Waals surface area contributed by atoms with Gasteiger partial charge in [0.25, 0.3) is 5.56 Å². The number of rotatable bonds is 5. The normalized spacial score (nSPS) is 9.50. The molecule has 0 aromatic carbocycles. The average molecular weight is 223 g/mol. The zero-order chi connectivity index (χ0) is 12.4. The molecule has 0 fully saturated rings. The molecular weight excluding hydrogens is 198 g/mol. The Bertz CT molecular complexity index is 328. The fourth-order valence-electron chi connectivity index (χ4n) is 1.53. The summed E-state index contributed by atoms with van der Waals surface area (Å²) in [4.78, 5) is 11.4. The van der Waals surface area contributed by atoms with Crippen LogP contribution in [0, 0.1) is 6.92 Å². The van der Waals surface area contributed by atoms with Gasteiger partial charge < -0.3 is 4.57 Å². The van der Waals surface area contributed by atoms with E-state index in [2.05, 4.69) is 6.92 Å². The molecule has 1 aromatic rings. The summed E-state index contributed by atoms with van der Waals surface area (Å²) in [6, 6.07) is 3.51. The lowest BCUT2D eigenvalue weighted by molar-refractivity contribution is 0.569. The van der Waals surface area contributed by atoms with Crippen LogP contribution < -0.4 is 5.56 Å². The van der Waals surface area contributed by atoms with E-state index in [-0.39, 0.29) is 5.56 Å². The topological polar surface area (TPSA) is 22.0 Å². The first-order valence-corrected chi connectivity index (χ1v) is 6.41. The summed E-state index contributed by atoms with van der Waals surface area (Å²) in [5, 5.41) is 0. The minimum Gasteiger partial charge on any atom is -0.315 e. The van der Waals surface area contributed by atoms with E-state index in [1.807, 2.05) is 37.6 Å². The average Bonchev–Trinajstić information content (AvgIpc) is 2.31. The lowest BCUT2D eigenvalue weighted by atomic mass is 10.2. The van der Waals surface area contributed by atoms with Crippen molar-refractivity contribution < 1.29 is 0 Å². The largest absolute Gasteiger partial charge is 0.315 e. The Hall–Kier alpha value is -1.05. The molecule has 2 heteroatoms. The molecule has 92 valence electrons. The highest BCUT2D eigenvalue weighted by Gasteiger charge is 1.95. The van der Waals surface area contributed by atoms with E-state index in [0.717, 1.165) is 18.5 Å². The molecule has 0 atom stereocenters. The van der Waals surface area contributed by atoms with Gasteiger partial charge in [0.05, 0.1) is 0 Å². The summed E-state index contributed by atoms with van der Waals surface area (Å²) in [5.74, 6) is 0. The van der Waals surface area contributed by atoms with Gasteiger partial charge in [-0.3, -0.25) is 4.79 Å². The summed E-state index contributed by atoms with van der Waals surface area (Å²) >= 11 is 0. The summed E-state index contributed by atoms with van der Waals surface area (Å²) in [6.45, 7) is 9.07. The van der Waals surface area contributed by atoms with Crippen molar-refractivity contribution >= 4 is 0 Å². The molecule has 0 N–H and O–H groups in total. The van der Waals surface area contributed by atoms with Gasteiger partial charge in [-0.05, 0) is 18.9 Å². The zero-order valence-corrected chi connectivity index (χ0v) is 11.1. The lowest BCUT2D eigenvalue weighted by Crippen LogP contribution is -2.18. The van der Waals surface area contributed by atoms with Crippen LogP contribution >= 0.6 is 0 Å². The molecule has 0 radical (unpaired) electrons. The molecule has 0 unspecified atom stereocenters. The van der Waals surface area contributed by atoms with Crippen LogP contribution in [0.5, 0.6) is 0 Å². The van der Waals surface area contributed by atoms with Crippen molar-refractivity contribution in [3.63, 3.8) is 0 Å². The van der Waals surface area contributed by atoms with Crippen molar-refractivity contribution in [2.45, 2.75) is 59.9 Å². The minimum atomic E-state index is 0.118. The first kappa shape index (κ1) is 14.9. The van der Waals surface area contributed by atoms with Gasteiger partial charge in [-0.2, -0.15) is 0 Å². The SMILES string of the molecule is CC.CCCCCCn1cc(C)ccc1=O. The first-order valence-electron chi connectivity index (χ1n) is 6.41. The maximum absolute atomic E-state index is 11.4. The maximum atomic E-state index is 11.4. The predicted molar refractivity (Wildman–Crippen MR) is 70.9 cm³/mol. The van der Waals surface area contributed by atoms with Gasteiger partial charge in [-0.1, -0.05) is 46.1 Å². The third-order valence-electron chi connectivity index (χ3n) is 2.38. The molecule has 0 aliphatic carbocycles. The highest BCUT2D eigenvalue weighted by molar-refractivity contribution is 5.06. The van der Waals surface area contributed by atoms with Gasteiger partial charge in [-0.25, -0.2) is 0 Å². The minimum absolute atomic E-state index is 0.118. The monoisotopic (exact) mass is 223 g/mol. The zero-order valence-electron chi connectivity index (χ0n) is 11.1. The molecular formula is C14H25NO. The molecule has 1 heterocycles. The quantitative estimate of drug-likeness (QED) is 0.697. The second kappa shape index (κ2) is 9.20. The van der Waals surface area contributed by atoms with Crippen molar-refractivity contribution in [3.8, 4) is 0 Å². The number of pyridine rings is 1. The maximum Gasteiger partial charge on any atom is 0.250 e. The van der Waals surface area contributed by atoms with Crippen LogP contribution in [0.4, 0.5) is 0 Å². The van der Waals surface area contributed by atoms with E-state index in [1.165, 1.54) is 19.3 Å². The van der Waals surface area contributed by atoms with E-state index in [0.29, 0.717) is 0 Å². The van der Waals surface area contributed by atoms with Crippen LogP contribution in [0.25, 0.3) is 0 Å². The van der Waals surface area contributed by atoms with Crippen LogP contribution in [-0.4, -0.2) is 4.57 Å². The molecule has 0 spiro atoms. The van der Waals surface area contributed by atoms with E-state index in [1.54, 1.807) is 6.07 Å². The van der Waals surface area contributed by atoms with Gasteiger partial charge >= 0.3 is 0 Å². The van der Waals surface area contributed by atoms with E-state index in [4.69, 9.17) is 0 Å². The Balaban J connectivity index is 0.00000106. The number of unbranched alkanes of at least 4 members (excludes halogenated alkanes) is 3. The Morgan fingerprint density at radius 2 is 1.81 bits per heavy atom. The standard InChI is InChI=1S/C12H19NO.C2H6/c1-3-4-5-6-9-13-10-11(2)7-8-12(13)14;1-2/h7-8,10H,3-6,9H2,1-2H3;1-2H3. The fourth-order valence-corrected chi connectivity index (χ4v) is 1.53. The number of aryl methyl sites for hydroxylation is 2. The molecule has 1 aromatic heterocycles. The summed E-state index contributed by atoms with van der Waals surface area (Å²) < 4.78 is 1.81. The van der Waals surface area contributed by atoms with E-state index >= 15 is 0 Å². The Kier molecular flexibility index (Phi) is 8.59. The molecule has 0 bridgehead atoms. The van der Waals surface area contributed by atoms with Crippen LogP contribution in [0.2, 0.25) is 0 Å². The summed E-state index contributed by atoms with van der Waals surface area (Å²) in [6.07, 6.45) is 6.77. The second-order valence-corrected chi connectivity index (χ2v) is 3.80. The predicted octanol–water partition coefficient (Wildman–Crippen LogP) is 3.76. The highest BCUT2D eigenvalue weighted by atomic mass is 16.1. The number of hydrogen-bond donors (Lipinski definition) is 0. The third-order valence-corrected chi connectivity index (χ3v) is 2.38. The van der Waals surface area contributed by atoms with Gasteiger partial charge in [0.2, 0.25) is 0 Å². The van der Waals surface area contributed by atoms with Crippen LogP contribution in [0.1, 0.15) is 52.0 Å². The number of nitrogens with zero attached hydrogens (tertiary/aromatic N) is 1. The molecule has 0 saturated carbocycles. The van der Waals surface area contributed by atoms with Crippen LogP contribution in [0.3, 0.4) is 0 Å². The first-order chi connectivity index (χ1) is 7.74. The molecule has 0 amide bonds. The fraction of sp³-hybridized carbons (Fsp3) is 0.643. The van der Waals surface area contributed by atoms with E-state index < -0.39 is 0 Å². The third kappa shape index (κ3) is 5.74. The van der Waals surface area contributed by atoms with Crippen LogP contribution in [0.15, 0.2) is 23.1 Å². The summed E-state index contributed by atoms with van der Waals surface area (Å²) in [7, 11) is 0. The molecule has 0 aliphatic heterocycles. The summed E-state index contributed by atoms with van der Waals surface area (Å²) in [5.41, 5.74) is 1.27. The molecule has 1 rings (SSSR count). The molecule has 16 heavy (non-hydrogen) atoms. The van der Waals surface area contributed by atoms with Gasteiger partial charge in [0, 0.05) is 18.8 Å². The Labute approximate surface area is 99.3 Å². The van der Waals surface area contributed by atoms with E-state index in [9.17, 15) is 4.79 Å². The van der Waals surface area contributed by atoms with Crippen molar-refractivity contribution in [2.24, 2.45) is 0 Å². The van der Waals surface area contributed by atoms with Gasteiger partial charge in [-0.15, -0.1) is 0 Å².